The molecule has 4 nitrogen and oxygen atoms in total. The number of carbonyl (C=O) groups excluding carboxylic acids is 1. The van der Waals surface area contributed by atoms with Crippen molar-refractivity contribution in [3.63, 3.8) is 0 Å². The van der Waals surface area contributed by atoms with Crippen LogP contribution in [0.1, 0.15) is 22.8 Å². The second kappa shape index (κ2) is 5.85. The molecule has 0 bridgehead atoms. The van der Waals surface area contributed by atoms with Crippen molar-refractivity contribution < 1.29 is 13.9 Å². The van der Waals surface area contributed by atoms with Crippen LogP contribution in [0.4, 0.5) is 0 Å². The fraction of sp³-hybridized carbons (Fsp3) is 0.111. The van der Waals surface area contributed by atoms with Gasteiger partial charge in [0.05, 0.1) is 5.56 Å². The Morgan fingerprint density at radius 3 is 2.59 bits per heavy atom. The number of hydrogen-bond acceptors (Lipinski definition) is 4. The molecule has 1 heterocycles. The summed E-state index contributed by atoms with van der Waals surface area (Å²) in [6.45, 7) is 1.97. The van der Waals surface area contributed by atoms with E-state index in [9.17, 15) is 9.59 Å². The van der Waals surface area contributed by atoms with E-state index in [0.717, 1.165) is 17.4 Å². The molecule has 4 heteroatoms. The van der Waals surface area contributed by atoms with Gasteiger partial charge in [0, 0.05) is 17.5 Å². The molecule has 0 spiro atoms. The number of aryl methyl sites for hydroxylation is 1. The number of esters is 1. The van der Waals surface area contributed by atoms with Gasteiger partial charge in [0.15, 0.2) is 0 Å². The first-order chi connectivity index (χ1) is 10.7. The van der Waals surface area contributed by atoms with E-state index in [1.165, 1.54) is 6.07 Å². The fourth-order valence-electron chi connectivity index (χ4n) is 2.31. The second-order valence-corrected chi connectivity index (χ2v) is 4.86. The summed E-state index contributed by atoms with van der Waals surface area (Å²) in [5, 5.41) is 0.849. The zero-order chi connectivity index (χ0) is 15.5. The third-order valence-corrected chi connectivity index (χ3v) is 3.40. The lowest BCUT2D eigenvalue weighted by molar-refractivity contribution is 0.0735. The summed E-state index contributed by atoms with van der Waals surface area (Å²) in [6, 6.07) is 15.3. The Bertz CT molecular complexity index is 878. The largest absolute Gasteiger partial charge is 0.423 e. The molecule has 3 rings (SSSR count). The van der Waals surface area contributed by atoms with Crippen molar-refractivity contribution in [1.29, 1.82) is 0 Å². The third-order valence-electron chi connectivity index (χ3n) is 3.40. The lowest BCUT2D eigenvalue weighted by atomic mass is 10.1. The molecule has 0 aliphatic heterocycles. The first kappa shape index (κ1) is 14.1. The van der Waals surface area contributed by atoms with E-state index in [1.807, 2.05) is 13.0 Å². The van der Waals surface area contributed by atoms with Crippen LogP contribution in [0.5, 0.6) is 5.75 Å². The summed E-state index contributed by atoms with van der Waals surface area (Å²) in [5.74, 6) is -0.105. The van der Waals surface area contributed by atoms with Gasteiger partial charge >= 0.3 is 11.6 Å². The molecule has 2 aromatic carbocycles. The smallest absolute Gasteiger partial charge is 0.343 e. The number of hydrogen-bond donors (Lipinski definition) is 0. The van der Waals surface area contributed by atoms with Gasteiger partial charge in [-0.2, -0.15) is 0 Å². The predicted octanol–water partition coefficient (Wildman–Crippen LogP) is 3.57. The Kier molecular flexibility index (Phi) is 3.74. The first-order valence-corrected chi connectivity index (χ1v) is 7.01. The van der Waals surface area contributed by atoms with Gasteiger partial charge in [-0.1, -0.05) is 25.1 Å². The maximum atomic E-state index is 12.0. The molecule has 22 heavy (non-hydrogen) atoms. The first-order valence-electron chi connectivity index (χ1n) is 7.01. The number of ether oxygens (including phenoxy) is 1. The van der Waals surface area contributed by atoms with E-state index < -0.39 is 11.6 Å². The van der Waals surface area contributed by atoms with Crippen molar-refractivity contribution in [2.75, 3.05) is 0 Å². The standard InChI is InChI=1S/C18H14O4/c1-2-12-10-17(19)22-16-11-14(8-9-15(12)16)21-18(20)13-6-4-3-5-7-13/h3-11H,2H2,1H3. The van der Waals surface area contributed by atoms with Crippen LogP contribution in [-0.4, -0.2) is 5.97 Å². The molecule has 0 aliphatic rings. The van der Waals surface area contributed by atoms with Crippen LogP contribution in [0.2, 0.25) is 0 Å². The Balaban J connectivity index is 1.96. The molecule has 0 unspecified atom stereocenters. The topological polar surface area (TPSA) is 56.5 Å². The SMILES string of the molecule is CCc1cc(=O)oc2cc(OC(=O)c3ccccc3)ccc12. The number of carbonyl (C=O) groups is 1. The van der Waals surface area contributed by atoms with Gasteiger partial charge in [-0.25, -0.2) is 9.59 Å². The maximum absolute atomic E-state index is 12.0. The van der Waals surface area contributed by atoms with Gasteiger partial charge < -0.3 is 9.15 Å². The number of fused-ring (bicyclic) bond motifs is 1. The van der Waals surface area contributed by atoms with E-state index in [1.54, 1.807) is 42.5 Å². The summed E-state index contributed by atoms with van der Waals surface area (Å²) in [4.78, 5) is 23.6. The van der Waals surface area contributed by atoms with Gasteiger partial charge in [0.2, 0.25) is 0 Å². The Hall–Kier alpha value is -2.88. The summed E-state index contributed by atoms with van der Waals surface area (Å²) >= 11 is 0. The van der Waals surface area contributed by atoms with Crippen LogP contribution in [-0.2, 0) is 6.42 Å². The van der Waals surface area contributed by atoms with E-state index in [-0.39, 0.29) is 0 Å². The minimum Gasteiger partial charge on any atom is -0.423 e. The molecular formula is C18H14O4. The average molecular weight is 294 g/mol. The van der Waals surface area contributed by atoms with E-state index in [2.05, 4.69) is 0 Å². The lowest BCUT2D eigenvalue weighted by Gasteiger charge is -2.07. The van der Waals surface area contributed by atoms with E-state index in [4.69, 9.17) is 9.15 Å². The van der Waals surface area contributed by atoms with E-state index in [0.29, 0.717) is 16.9 Å². The Morgan fingerprint density at radius 1 is 1.09 bits per heavy atom. The second-order valence-electron chi connectivity index (χ2n) is 4.86. The fourth-order valence-corrected chi connectivity index (χ4v) is 2.31. The van der Waals surface area contributed by atoms with Crippen LogP contribution in [0.15, 0.2) is 63.8 Å². The minimum atomic E-state index is -0.450. The van der Waals surface area contributed by atoms with Crippen LogP contribution in [0, 0.1) is 0 Å². The average Bonchev–Trinajstić information content (AvgIpc) is 2.54. The molecule has 0 saturated carbocycles. The van der Waals surface area contributed by atoms with Gasteiger partial charge in [0.25, 0.3) is 0 Å². The van der Waals surface area contributed by atoms with Crippen molar-refractivity contribution >= 4 is 16.9 Å². The van der Waals surface area contributed by atoms with Gasteiger partial charge in [-0.3, -0.25) is 0 Å². The summed E-state index contributed by atoms with van der Waals surface area (Å²) in [6.07, 6.45) is 0.727. The molecular weight excluding hydrogens is 280 g/mol. The van der Waals surface area contributed by atoms with Gasteiger partial charge in [-0.15, -0.1) is 0 Å². The van der Waals surface area contributed by atoms with Crippen molar-refractivity contribution in [2.45, 2.75) is 13.3 Å². The zero-order valence-electron chi connectivity index (χ0n) is 12.0. The molecule has 3 aromatic rings. The monoisotopic (exact) mass is 294 g/mol. The molecule has 1 aromatic heterocycles. The molecule has 0 atom stereocenters. The summed E-state index contributed by atoms with van der Waals surface area (Å²) in [5.41, 5.74) is 1.39. The van der Waals surface area contributed by atoms with Crippen molar-refractivity contribution in [2.24, 2.45) is 0 Å². The highest BCUT2D eigenvalue weighted by atomic mass is 16.5. The molecule has 110 valence electrons. The summed E-state index contributed by atoms with van der Waals surface area (Å²) < 4.78 is 10.5. The van der Waals surface area contributed by atoms with Crippen LogP contribution >= 0.6 is 0 Å². The minimum absolute atomic E-state index is 0.345. The van der Waals surface area contributed by atoms with Crippen LogP contribution in [0.3, 0.4) is 0 Å². The maximum Gasteiger partial charge on any atom is 0.343 e. The number of benzene rings is 2. The zero-order valence-corrected chi connectivity index (χ0v) is 12.0. The highest BCUT2D eigenvalue weighted by Gasteiger charge is 2.10. The third kappa shape index (κ3) is 2.76. The number of rotatable bonds is 3. The predicted molar refractivity (Wildman–Crippen MR) is 83.3 cm³/mol. The highest BCUT2D eigenvalue weighted by Crippen LogP contribution is 2.23. The van der Waals surface area contributed by atoms with Crippen molar-refractivity contribution in [3.8, 4) is 5.75 Å². The molecule has 0 aliphatic carbocycles. The lowest BCUT2D eigenvalue weighted by Crippen LogP contribution is -2.08. The van der Waals surface area contributed by atoms with Gasteiger partial charge in [0.1, 0.15) is 11.3 Å². The quantitative estimate of drug-likeness (QED) is 0.421. The van der Waals surface area contributed by atoms with Crippen molar-refractivity contribution in [1.82, 2.24) is 0 Å². The Morgan fingerprint density at radius 2 is 1.86 bits per heavy atom. The normalized spacial score (nSPS) is 10.6. The molecule has 0 fully saturated rings. The molecule has 0 saturated heterocycles. The molecule has 0 amide bonds. The van der Waals surface area contributed by atoms with Gasteiger partial charge in [-0.05, 0) is 36.2 Å². The van der Waals surface area contributed by atoms with Crippen LogP contribution < -0.4 is 10.4 Å². The van der Waals surface area contributed by atoms with Crippen molar-refractivity contribution in [3.05, 3.63) is 76.1 Å². The summed E-state index contributed by atoms with van der Waals surface area (Å²) in [7, 11) is 0. The molecule has 0 N–H and O–H groups in total. The molecule has 0 radical (unpaired) electrons. The van der Waals surface area contributed by atoms with E-state index >= 15 is 0 Å². The highest BCUT2D eigenvalue weighted by molar-refractivity contribution is 5.91. The Labute approximate surface area is 127 Å². The van der Waals surface area contributed by atoms with Crippen LogP contribution in [0.25, 0.3) is 11.0 Å².